The van der Waals surface area contributed by atoms with Crippen LogP contribution in [0.5, 0.6) is 0 Å². The summed E-state index contributed by atoms with van der Waals surface area (Å²) in [5.74, 6) is 0.0437. The van der Waals surface area contributed by atoms with E-state index in [1.807, 2.05) is 17.0 Å². The second-order valence-electron chi connectivity index (χ2n) is 6.50. The van der Waals surface area contributed by atoms with E-state index in [0.717, 1.165) is 38.1 Å². The lowest BCUT2D eigenvalue weighted by molar-refractivity contribution is 0.0759. The number of aromatic nitrogens is 2. The Morgan fingerprint density at radius 3 is 2.70 bits per heavy atom. The van der Waals surface area contributed by atoms with Crippen molar-refractivity contribution < 1.29 is 4.79 Å². The van der Waals surface area contributed by atoms with Gasteiger partial charge in [-0.1, -0.05) is 0 Å². The number of carbonyl (C=O) groups is 1. The molecule has 6 heteroatoms. The number of nitrogens with zero attached hydrogens (tertiary/aromatic N) is 3. The molecule has 1 aromatic heterocycles. The summed E-state index contributed by atoms with van der Waals surface area (Å²) in [4.78, 5) is 31.6. The van der Waals surface area contributed by atoms with Crippen LogP contribution >= 0.6 is 0 Å². The van der Waals surface area contributed by atoms with Crippen LogP contribution < -0.4 is 5.69 Å². The first-order chi connectivity index (χ1) is 11.0. The number of H-pyrrole nitrogens is 1. The minimum absolute atomic E-state index is 0.0437. The summed E-state index contributed by atoms with van der Waals surface area (Å²) in [5.41, 5.74) is 2.00. The lowest BCUT2D eigenvalue weighted by Crippen LogP contribution is -2.37. The van der Waals surface area contributed by atoms with Crippen molar-refractivity contribution in [2.24, 2.45) is 7.05 Å². The number of aromatic amines is 1. The summed E-state index contributed by atoms with van der Waals surface area (Å²) in [6.07, 6.45) is 0.994. The smallest absolute Gasteiger partial charge is 0.326 e. The van der Waals surface area contributed by atoms with Crippen LogP contribution in [-0.4, -0.2) is 57.5 Å². The third-order valence-electron chi connectivity index (χ3n) is 4.70. The van der Waals surface area contributed by atoms with E-state index in [2.05, 4.69) is 23.7 Å². The molecule has 1 saturated heterocycles. The van der Waals surface area contributed by atoms with E-state index in [1.54, 1.807) is 17.7 Å². The maximum absolute atomic E-state index is 12.8. The highest BCUT2D eigenvalue weighted by molar-refractivity contribution is 5.97. The van der Waals surface area contributed by atoms with E-state index >= 15 is 0 Å². The molecule has 0 bridgehead atoms. The fourth-order valence-electron chi connectivity index (χ4n) is 3.21. The Bertz CT molecular complexity index is 774. The maximum Gasteiger partial charge on any atom is 0.326 e. The Hall–Kier alpha value is -2.08. The van der Waals surface area contributed by atoms with Gasteiger partial charge in [0.25, 0.3) is 5.91 Å². The molecule has 2 heterocycles. The number of aryl methyl sites for hydroxylation is 1. The number of imidazole rings is 1. The van der Waals surface area contributed by atoms with Crippen LogP contribution in [0.4, 0.5) is 0 Å². The van der Waals surface area contributed by atoms with E-state index in [1.165, 1.54) is 0 Å². The number of benzene rings is 1. The van der Waals surface area contributed by atoms with Crippen LogP contribution in [0.2, 0.25) is 0 Å². The molecule has 2 aromatic rings. The number of hydrogen-bond acceptors (Lipinski definition) is 3. The third-order valence-corrected chi connectivity index (χ3v) is 4.70. The molecule has 3 rings (SSSR count). The molecule has 6 nitrogen and oxygen atoms in total. The van der Waals surface area contributed by atoms with Crippen LogP contribution in [0.1, 0.15) is 30.6 Å². The summed E-state index contributed by atoms with van der Waals surface area (Å²) >= 11 is 0. The van der Waals surface area contributed by atoms with Gasteiger partial charge in [-0.2, -0.15) is 0 Å². The highest BCUT2D eigenvalue weighted by Crippen LogP contribution is 2.15. The number of carbonyl (C=O) groups excluding carboxylic acids is 1. The molecule has 1 aromatic carbocycles. The highest BCUT2D eigenvalue weighted by atomic mass is 16.2. The zero-order valence-electron chi connectivity index (χ0n) is 14.0. The molecule has 1 N–H and O–H groups in total. The second kappa shape index (κ2) is 6.20. The van der Waals surface area contributed by atoms with Crippen molar-refractivity contribution in [1.82, 2.24) is 19.4 Å². The predicted molar refractivity (Wildman–Crippen MR) is 90.8 cm³/mol. The Kier molecular flexibility index (Phi) is 4.26. The molecule has 0 atom stereocenters. The van der Waals surface area contributed by atoms with Gasteiger partial charge in [0.15, 0.2) is 0 Å². The molecular weight excluding hydrogens is 292 g/mol. The third kappa shape index (κ3) is 3.03. The van der Waals surface area contributed by atoms with Crippen molar-refractivity contribution in [2.45, 2.75) is 26.3 Å². The van der Waals surface area contributed by atoms with Crippen molar-refractivity contribution in [3.05, 3.63) is 34.2 Å². The first kappa shape index (κ1) is 15.8. The van der Waals surface area contributed by atoms with Crippen molar-refractivity contribution in [2.75, 3.05) is 26.2 Å². The standard InChI is InChI=1S/C17H24N4O2/c1-12(2)20-7-4-8-21(10-9-20)16(22)13-5-6-15-14(11-13)18-17(23)19(15)3/h5-6,11-12H,4,7-10H2,1-3H3,(H,18,23). The van der Waals surface area contributed by atoms with E-state index in [-0.39, 0.29) is 11.6 Å². The number of rotatable bonds is 2. The summed E-state index contributed by atoms with van der Waals surface area (Å²) in [5, 5.41) is 0. The van der Waals surface area contributed by atoms with Crippen LogP contribution in [-0.2, 0) is 7.05 Å². The molecular formula is C17H24N4O2. The Morgan fingerprint density at radius 1 is 1.17 bits per heavy atom. The SMILES string of the molecule is CC(C)N1CCCN(C(=O)c2ccc3c(c2)[nH]c(=O)n3C)CC1. The Labute approximate surface area is 135 Å². The fraction of sp³-hybridized carbons (Fsp3) is 0.529. The molecule has 23 heavy (non-hydrogen) atoms. The number of amides is 1. The lowest BCUT2D eigenvalue weighted by atomic mass is 10.1. The number of nitrogens with one attached hydrogen (secondary N) is 1. The molecule has 124 valence electrons. The average molecular weight is 316 g/mol. The van der Waals surface area contributed by atoms with Crippen LogP contribution in [0, 0.1) is 0 Å². The largest absolute Gasteiger partial charge is 0.337 e. The quantitative estimate of drug-likeness (QED) is 0.911. The zero-order chi connectivity index (χ0) is 16.6. The zero-order valence-corrected chi connectivity index (χ0v) is 14.0. The molecule has 0 aliphatic carbocycles. The van der Waals surface area contributed by atoms with Gasteiger partial charge in [-0.05, 0) is 38.5 Å². The van der Waals surface area contributed by atoms with E-state index in [4.69, 9.17) is 0 Å². The molecule has 0 radical (unpaired) electrons. The maximum atomic E-state index is 12.8. The lowest BCUT2D eigenvalue weighted by Gasteiger charge is -2.25. The van der Waals surface area contributed by atoms with E-state index in [0.29, 0.717) is 17.1 Å². The van der Waals surface area contributed by atoms with Gasteiger partial charge in [0.05, 0.1) is 11.0 Å². The van der Waals surface area contributed by atoms with Gasteiger partial charge >= 0.3 is 5.69 Å². The molecule has 0 saturated carbocycles. The van der Waals surface area contributed by atoms with Crippen LogP contribution in [0.25, 0.3) is 11.0 Å². The summed E-state index contributed by atoms with van der Waals surface area (Å²) in [6, 6.07) is 5.93. The van der Waals surface area contributed by atoms with Crippen molar-refractivity contribution >= 4 is 16.9 Å². The molecule has 1 fully saturated rings. The summed E-state index contributed by atoms with van der Waals surface area (Å²) in [7, 11) is 1.72. The predicted octanol–water partition coefficient (Wildman–Crippen LogP) is 1.42. The molecule has 0 unspecified atom stereocenters. The van der Waals surface area contributed by atoms with Crippen LogP contribution in [0.15, 0.2) is 23.0 Å². The minimum Gasteiger partial charge on any atom is -0.337 e. The van der Waals surface area contributed by atoms with Crippen molar-refractivity contribution in [3.63, 3.8) is 0 Å². The number of fused-ring (bicyclic) bond motifs is 1. The molecule has 1 amide bonds. The Balaban J connectivity index is 1.81. The summed E-state index contributed by atoms with van der Waals surface area (Å²) in [6.45, 7) is 7.86. The van der Waals surface area contributed by atoms with E-state index < -0.39 is 0 Å². The van der Waals surface area contributed by atoms with E-state index in [9.17, 15) is 9.59 Å². The number of hydrogen-bond donors (Lipinski definition) is 1. The van der Waals surface area contributed by atoms with Gasteiger partial charge in [-0.3, -0.25) is 14.3 Å². The molecule has 1 aliphatic heterocycles. The monoisotopic (exact) mass is 316 g/mol. The van der Waals surface area contributed by atoms with Crippen molar-refractivity contribution in [3.8, 4) is 0 Å². The minimum atomic E-state index is -0.160. The highest BCUT2D eigenvalue weighted by Gasteiger charge is 2.21. The second-order valence-corrected chi connectivity index (χ2v) is 6.50. The molecule has 0 spiro atoms. The Morgan fingerprint density at radius 2 is 1.96 bits per heavy atom. The summed E-state index contributed by atoms with van der Waals surface area (Å²) < 4.78 is 1.55. The van der Waals surface area contributed by atoms with Gasteiger partial charge in [0.2, 0.25) is 0 Å². The fourth-order valence-corrected chi connectivity index (χ4v) is 3.21. The van der Waals surface area contributed by atoms with Crippen molar-refractivity contribution in [1.29, 1.82) is 0 Å². The van der Waals surface area contributed by atoms with Gasteiger partial charge in [-0.15, -0.1) is 0 Å². The first-order valence-electron chi connectivity index (χ1n) is 8.19. The van der Waals surface area contributed by atoms with Gasteiger partial charge in [-0.25, -0.2) is 4.79 Å². The van der Waals surface area contributed by atoms with Crippen LogP contribution in [0.3, 0.4) is 0 Å². The van der Waals surface area contributed by atoms with Gasteiger partial charge in [0, 0.05) is 44.8 Å². The first-order valence-corrected chi connectivity index (χ1v) is 8.19. The average Bonchev–Trinajstić information content (AvgIpc) is 2.72. The van der Waals surface area contributed by atoms with Gasteiger partial charge in [0.1, 0.15) is 0 Å². The van der Waals surface area contributed by atoms with Gasteiger partial charge < -0.3 is 9.88 Å². The molecule has 1 aliphatic rings. The normalized spacial score (nSPS) is 17.0. The topological polar surface area (TPSA) is 61.3 Å².